The van der Waals surface area contributed by atoms with Crippen LogP contribution in [0.2, 0.25) is 0 Å². The molecule has 0 aromatic rings. The normalized spacial score (nSPS) is 15.7. The average Bonchev–Trinajstić information content (AvgIpc) is 1.60. The van der Waals surface area contributed by atoms with Gasteiger partial charge in [0, 0.05) is 0 Å². The quantitative estimate of drug-likeness (QED) is 0.502. The van der Waals surface area contributed by atoms with Crippen molar-refractivity contribution in [2.45, 2.75) is 12.2 Å². The molecule has 10 heavy (non-hydrogen) atoms. The van der Waals surface area contributed by atoms with Crippen molar-refractivity contribution in [3.63, 3.8) is 0 Å². The molecule has 1 unspecified atom stereocenters. The number of hydrogen-bond donors (Lipinski definition) is 1. The molecular formula is C5H13O3S2+. The predicted octanol–water partition coefficient (Wildman–Crippen LogP) is 0.141. The molecule has 0 bridgehead atoms. The second-order valence-corrected chi connectivity index (χ2v) is 6.50. The Hall–Kier alpha value is 0.260. The molecule has 0 aliphatic heterocycles. The highest BCUT2D eigenvalue weighted by molar-refractivity contribution is 7.97. The van der Waals surface area contributed by atoms with E-state index in [1.165, 1.54) is 0 Å². The lowest BCUT2D eigenvalue weighted by Gasteiger charge is -2.04. The van der Waals surface area contributed by atoms with Crippen LogP contribution in [0, 0.1) is 0 Å². The van der Waals surface area contributed by atoms with Crippen LogP contribution in [0.4, 0.5) is 0 Å². The van der Waals surface area contributed by atoms with Gasteiger partial charge in [-0.1, -0.05) is 0 Å². The molecule has 0 saturated heterocycles. The molecule has 0 amide bonds. The molecule has 62 valence electrons. The molecule has 1 N–H and O–H groups in total. The summed E-state index contributed by atoms with van der Waals surface area (Å²) in [4.78, 5) is 0. The fraction of sp³-hybridized carbons (Fsp3) is 1.00. The Morgan fingerprint density at radius 3 is 2.00 bits per heavy atom. The Balaban J connectivity index is 3.93. The van der Waals surface area contributed by atoms with Crippen LogP contribution in [-0.4, -0.2) is 36.5 Å². The largest absolute Gasteiger partial charge is 0.285 e. The standard InChI is InChI=1S/C5H12O3S2/c1-5(9(2)3)4-10(6,7)8/h5H,4H2,1-3H3/p+1. The highest BCUT2D eigenvalue weighted by atomic mass is 32.2. The van der Waals surface area contributed by atoms with Gasteiger partial charge in [0.15, 0.2) is 0 Å². The summed E-state index contributed by atoms with van der Waals surface area (Å²) in [6.45, 7) is 1.82. The van der Waals surface area contributed by atoms with E-state index in [0.29, 0.717) is 0 Å². The van der Waals surface area contributed by atoms with Crippen molar-refractivity contribution in [3.8, 4) is 0 Å². The van der Waals surface area contributed by atoms with Crippen LogP contribution in [-0.2, 0) is 21.0 Å². The van der Waals surface area contributed by atoms with Crippen molar-refractivity contribution < 1.29 is 13.0 Å². The minimum Gasteiger partial charge on any atom is -0.285 e. The molecule has 0 fully saturated rings. The molecule has 5 heteroatoms. The summed E-state index contributed by atoms with van der Waals surface area (Å²) in [6.07, 6.45) is 3.91. The van der Waals surface area contributed by atoms with E-state index in [1.54, 1.807) is 0 Å². The first-order chi connectivity index (χ1) is 4.33. The minimum absolute atomic E-state index is 0.0509. The molecule has 0 radical (unpaired) electrons. The number of hydrogen-bond acceptors (Lipinski definition) is 2. The van der Waals surface area contributed by atoms with Crippen molar-refractivity contribution in [1.29, 1.82) is 0 Å². The summed E-state index contributed by atoms with van der Waals surface area (Å²) < 4.78 is 29.0. The summed E-state index contributed by atoms with van der Waals surface area (Å²) in [5.41, 5.74) is 0. The first kappa shape index (κ1) is 10.3. The van der Waals surface area contributed by atoms with Gasteiger partial charge in [-0.05, 0) is 17.8 Å². The first-order valence-corrected chi connectivity index (χ1v) is 6.56. The van der Waals surface area contributed by atoms with Gasteiger partial charge in [-0.3, -0.25) is 4.55 Å². The summed E-state index contributed by atoms with van der Waals surface area (Å²) >= 11 is 0. The Morgan fingerprint density at radius 1 is 1.50 bits per heavy atom. The van der Waals surface area contributed by atoms with Gasteiger partial charge in [-0.15, -0.1) is 0 Å². The van der Waals surface area contributed by atoms with Gasteiger partial charge in [0.25, 0.3) is 10.1 Å². The van der Waals surface area contributed by atoms with Crippen molar-refractivity contribution >= 4 is 21.0 Å². The summed E-state index contributed by atoms with van der Waals surface area (Å²) in [5.74, 6) is -0.122. The van der Waals surface area contributed by atoms with E-state index < -0.39 is 10.1 Å². The zero-order valence-corrected chi connectivity index (χ0v) is 8.00. The predicted molar refractivity (Wildman–Crippen MR) is 45.1 cm³/mol. The Labute approximate surface area is 64.9 Å². The third-order valence-electron chi connectivity index (χ3n) is 1.25. The van der Waals surface area contributed by atoms with Crippen molar-refractivity contribution in [2.75, 3.05) is 18.3 Å². The topological polar surface area (TPSA) is 54.4 Å². The zero-order valence-electron chi connectivity index (χ0n) is 6.36. The Morgan fingerprint density at radius 2 is 1.90 bits per heavy atom. The van der Waals surface area contributed by atoms with E-state index in [1.807, 2.05) is 19.4 Å². The zero-order chi connectivity index (χ0) is 8.36. The van der Waals surface area contributed by atoms with Gasteiger partial charge < -0.3 is 0 Å². The summed E-state index contributed by atoms with van der Waals surface area (Å²) in [5, 5.41) is 0.0509. The van der Waals surface area contributed by atoms with E-state index in [0.717, 1.165) is 0 Å². The third-order valence-corrected chi connectivity index (χ3v) is 4.16. The minimum atomic E-state index is -3.76. The second kappa shape index (κ2) is 3.59. The van der Waals surface area contributed by atoms with Crippen LogP contribution in [0.3, 0.4) is 0 Å². The molecule has 0 rings (SSSR count). The molecule has 0 aliphatic rings. The second-order valence-electron chi connectivity index (χ2n) is 2.44. The van der Waals surface area contributed by atoms with Crippen LogP contribution >= 0.6 is 0 Å². The number of rotatable bonds is 3. The molecule has 0 spiro atoms. The van der Waals surface area contributed by atoms with Gasteiger partial charge in [0.1, 0.15) is 11.0 Å². The van der Waals surface area contributed by atoms with Gasteiger partial charge >= 0.3 is 0 Å². The lowest BCUT2D eigenvalue weighted by molar-refractivity contribution is 0.482. The average molecular weight is 185 g/mol. The molecule has 1 atom stereocenters. The molecule has 3 nitrogen and oxygen atoms in total. The molecular weight excluding hydrogens is 172 g/mol. The summed E-state index contributed by atoms with van der Waals surface area (Å²) in [6, 6.07) is 0. The SMILES string of the molecule is CC(CS(=O)(=O)O)[S+](C)C. The maximum Gasteiger partial charge on any atom is 0.269 e. The van der Waals surface area contributed by atoms with Crippen molar-refractivity contribution in [2.24, 2.45) is 0 Å². The van der Waals surface area contributed by atoms with Gasteiger partial charge in [-0.2, -0.15) is 8.42 Å². The lowest BCUT2D eigenvalue weighted by atomic mass is 10.6. The highest BCUT2D eigenvalue weighted by Crippen LogP contribution is 2.01. The Kier molecular flexibility index (Phi) is 3.69. The van der Waals surface area contributed by atoms with Gasteiger partial charge in [-0.25, -0.2) is 0 Å². The highest BCUT2D eigenvalue weighted by Gasteiger charge is 2.21. The molecule has 0 heterocycles. The molecule has 0 aromatic heterocycles. The van der Waals surface area contributed by atoms with Crippen LogP contribution in [0.5, 0.6) is 0 Å². The fourth-order valence-electron chi connectivity index (χ4n) is 0.433. The fourth-order valence-corrected chi connectivity index (χ4v) is 2.63. The summed E-state index contributed by atoms with van der Waals surface area (Å²) in [7, 11) is -3.71. The van der Waals surface area contributed by atoms with Crippen LogP contribution in [0.15, 0.2) is 0 Å². The maximum absolute atomic E-state index is 10.3. The van der Waals surface area contributed by atoms with Gasteiger partial charge in [0.05, 0.1) is 12.5 Å². The van der Waals surface area contributed by atoms with E-state index in [9.17, 15) is 8.42 Å². The maximum atomic E-state index is 10.3. The van der Waals surface area contributed by atoms with Crippen molar-refractivity contribution in [1.82, 2.24) is 0 Å². The van der Waals surface area contributed by atoms with Crippen LogP contribution in [0.25, 0.3) is 0 Å². The lowest BCUT2D eigenvalue weighted by Crippen LogP contribution is -2.24. The van der Waals surface area contributed by atoms with E-state index in [4.69, 9.17) is 4.55 Å². The van der Waals surface area contributed by atoms with E-state index >= 15 is 0 Å². The molecule has 0 saturated carbocycles. The first-order valence-electron chi connectivity index (χ1n) is 2.84. The van der Waals surface area contributed by atoms with E-state index in [-0.39, 0.29) is 21.9 Å². The molecule has 0 aromatic carbocycles. The van der Waals surface area contributed by atoms with Crippen molar-refractivity contribution in [3.05, 3.63) is 0 Å². The van der Waals surface area contributed by atoms with Crippen LogP contribution in [0.1, 0.15) is 6.92 Å². The molecule has 0 aliphatic carbocycles. The monoisotopic (exact) mass is 185 g/mol. The van der Waals surface area contributed by atoms with Crippen LogP contribution < -0.4 is 0 Å². The third kappa shape index (κ3) is 5.08. The smallest absolute Gasteiger partial charge is 0.269 e. The van der Waals surface area contributed by atoms with E-state index in [2.05, 4.69) is 0 Å². The van der Waals surface area contributed by atoms with Gasteiger partial charge in [0.2, 0.25) is 0 Å². The Bertz CT molecular complexity index is 183.